The van der Waals surface area contributed by atoms with Gasteiger partial charge in [-0.05, 0) is 43.3 Å². The van der Waals surface area contributed by atoms with Gasteiger partial charge in [0.2, 0.25) is 5.91 Å². The lowest BCUT2D eigenvalue weighted by Crippen LogP contribution is -2.50. The average molecular weight is 357 g/mol. The van der Waals surface area contributed by atoms with Gasteiger partial charge >= 0.3 is 6.03 Å². The summed E-state index contributed by atoms with van der Waals surface area (Å²) in [7, 11) is 0. The number of rotatable bonds is 5. The summed E-state index contributed by atoms with van der Waals surface area (Å²) >= 11 is 1.63. The van der Waals surface area contributed by atoms with Crippen LogP contribution in [-0.4, -0.2) is 36.0 Å². The van der Waals surface area contributed by atoms with Gasteiger partial charge in [0.1, 0.15) is 6.04 Å². The highest BCUT2D eigenvalue weighted by Crippen LogP contribution is 2.27. The molecule has 3 rings (SSSR count). The Morgan fingerprint density at radius 3 is 2.80 bits per heavy atom. The maximum atomic E-state index is 12.8. The highest BCUT2D eigenvalue weighted by atomic mass is 32.1. The minimum absolute atomic E-state index is 0.0644. The molecule has 1 N–H and O–H groups in total. The number of carbonyl (C=O) groups is 2. The first-order chi connectivity index (χ1) is 12.1. The maximum Gasteiger partial charge on any atom is 0.318 e. The van der Waals surface area contributed by atoms with Crippen LogP contribution < -0.4 is 10.2 Å². The van der Waals surface area contributed by atoms with Gasteiger partial charge < -0.3 is 15.1 Å². The van der Waals surface area contributed by atoms with Gasteiger partial charge in [0.05, 0.1) is 6.54 Å². The van der Waals surface area contributed by atoms with Gasteiger partial charge in [0.25, 0.3) is 0 Å². The van der Waals surface area contributed by atoms with Crippen LogP contribution in [0.5, 0.6) is 0 Å². The van der Waals surface area contributed by atoms with E-state index in [0.717, 1.165) is 17.0 Å². The molecule has 1 atom stereocenters. The summed E-state index contributed by atoms with van der Waals surface area (Å²) in [4.78, 5) is 29.9. The van der Waals surface area contributed by atoms with Crippen molar-refractivity contribution >= 4 is 29.0 Å². The van der Waals surface area contributed by atoms with Gasteiger partial charge in [-0.3, -0.25) is 4.79 Å². The van der Waals surface area contributed by atoms with Gasteiger partial charge in [-0.1, -0.05) is 24.3 Å². The number of nitrogens with one attached hydrogen (secondary N) is 1. The van der Waals surface area contributed by atoms with Crippen LogP contribution in [0.25, 0.3) is 0 Å². The van der Waals surface area contributed by atoms with Crippen molar-refractivity contribution in [2.45, 2.75) is 32.9 Å². The van der Waals surface area contributed by atoms with Crippen molar-refractivity contribution in [1.29, 1.82) is 0 Å². The van der Waals surface area contributed by atoms with Crippen LogP contribution in [0.2, 0.25) is 0 Å². The molecule has 0 spiro atoms. The van der Waals surface area contributed by atoms with Gasteiger partial charge in [0, 0.05) is 23.7 Å². The van der Waals surface area contributed by atoms with E-state index in [4.69, 9.17) is 0 Å². The number of para-hydroxylation sites is 1. The predicted octanol–water partition coefficient (Wildman–Crippen LogP) is 3.26. The lowest BCUT2D eigenvalue weighted by atomic mass is 10.2. The molecule has 0 radical (unpaired) electrons. The van der Waals surface area contributed by atoms with E-state index < -0.39 is 6.04 Å². The molecule has 1 aromatic carbocycles. The van der Waals surface area contributed by atoms with Crippen molar-refractivity contribution in [3.63, 3.8) is 0 Å². The average Bonchev–Trinajstić information content (AvgIpc) is 3.28. The van der Waals surface area contributed by atoms with Crippen LogP contribution in [0.4, 0.5) is 10.5 Å². The molecular weight excluding hydrogens is 334 g/mol. The number of hydrogen-bond donors (Lipinski definition) is 1. The van der Waals surface area contributed by atoms with E-state index in [2.05, 4.69) is 5.32 Å². The number of benzene rings is 1. The molecule has 0 saturated carbocycles. The Balaban J connectivity index is 1.62. The van der Waals surface area contributed by atoms with E-state index in [-0.39, 0.29) is 11.9 Å². The maximum absolute atomic E-state index is 12.8. The molecule has 0 bridgehead atoms. The molecule has 132 valence electrons. The van der Waals surface area contributed by atoms with Crippen LogP contribution in [0, 0.1) is 0 Å². The number of anilines is 1. The summed E-state index contributed by atoms with van der Waals surface area (Å²) in [5.74, 6) is -0.0644. The third-order valence-electron chi connectivity index (χ3n) is 4.46. The van der Waals surface area contributed by atoms with Crippen LogP contribution in [0.3, 0.4) is 0 Å². The molecule has 1 unspecified atom stereocenters. The third-order valence-corrected chi connectivity index (χ3v) is 5.32. The Bertz CT molecular complexity index is 745. The molecule has 2 aromatic rings. The van der Waals surface area contributed by atoms with Crippen LogP contribution in [0.1, 0.15) is 24.3 Å². The molecule has 1 aliphatic rings. The quantitative estimate of drug-likeness (QED) is 0.893. The van der Waals surface area contributed by atoms with Crippen molar-refractivity contribution in [2.75, 3.05) is 18.0 Å². The molecule has 1 aliphatic heterocycles. The molecule has 0 fully saturated rings. The molecule has 2 heterocycles. The zero-order valence-electron chi connectivity index (χ0n) is 14.6. The smallest absolute Gasteiger partial charge is 0.318 e. The van der Waals surface area contributed by atoms with Crippen molar-refractivity contribution in [3.05, 3.63) is 52.2 Å². The van der Waals surface area contributed by atoms with E-state index >= 15 is 0 Å². The van der Waals surface area contributed by atoms with E-state index in [1.165, 1.54) is 5.56 Å². The van der Waals surface area contributed by atoms with E-state index in [1.807, 2.05) is 48.7 Å². The fourth-order valence-electron chi connectivity index (χ4n) is 3.06. The first kappa shape index (κ1) is 17.5. The Morgan fingerprint density at radius 2 is 2.08 bits per heavy atom. The normalized spacial score (nSPS) is 14.1. The highest BCUT2D eigenvalue weighted by molar-refractivity contribution is 7.09. The molecule has 0 aliphatic carbocycles. The topological polar surface area (TPSA) is 52.7 Å². The first-order valence-electron chi connectivity index (χ1n) is 8.57. The van der Waals surface area contributed by atoms with Crippen molar-refractivity contribution < 1.29 is 9.59 Å². The van der Waals surface area contributed by atoms with Gasteiger partial charge in [0.15, 0.2) is 0 Å². The second-order valence-corrected chi connectivity index (χ2v) is 7.17. The minimum Gasteiger partial charge on any atom is -0.326 e. The summed E-state index contributed by atoms with van der Waals surface area (Å²) in [5.41, 5.74) is 2.14. The molecule has 1 aromatic heterocycles. The summed E-state index contributed by atoms with van der Waals surface area (Å²) in [6.45, 7) is 5.52. The summed E-state index contributed by atoms with van der Waals surface area (Å²) in [5, 5.41) is 4.85. The SMILES string of the molecule is CCN(Cc1cccs1)C(=O)NC(C)C(=O)N1CCc2ccccc21. The molecule has 3 amide bonds. The fourth-order valence-corrected chi connectivity index (χ4v) is 3.78. The molecular formula is C19H23N3O2S. The molecule has 0 saturated heterocycles. The zero-order chi connectivity index (χ0) is 17.8. The second-order valence-electron chi connectivity index (χ2n) is 6.13. The molecule has 25 heavy (non-hydrogen) atoms. The van der Waals surface area contributed by atoms with Crippen molar-refractivity contribution in [1.82, 2.24) is 10.2 Å². The van der Waals surface area contributed by atoms with Crippen LogP contribution in [0.15, 0.2) is 41.8 Å². The predicted molar refractivity (Wildman–Crippen MR) is 101 cm³/mol. The lowest BCUT2D eigenvalue weighted by molar-refractivity contribution is -0.119. The number of nitrogens with zero attached hydrogens (tertiary/aromatic N) is 2. The molecule has 5 nitrogen and oxygen atoms in total. The third kappa shape index (κ3) is 3.85. The zero-order valence-corrected chi connectivity index (χ0v) is 15.4. The number of hydrogen-bond acceptors (Lipinski definition) is 3. The van der Waals surface area contributed by atoms with E-state index in [0.29, 0.717) is 19.6 Å². The van der Waals surface area contributed by atoms with E-state index in [9.17, 15) is 9.59 Å². The van der Waals surface area contributed by atoms with Gasteiger partial charge in [-0.25, -0.2) is 4.79 Å². The number of carbonyl (C=O) groups excluding carboxylic acids is 2. The monoisotopic (exact) mass is 357 g/mol. The Morgan fingerprint density at radius 1 is 1.28 bits per heavy atom. The first-order valence-corrected chi connectivity index (χ1v) is 9.45. The van der Waals surface area contributed by atoms with Crippen LogP contribution in [-0.2, 0) is 17.8 Å². The molecule has 6 heteroatoms. The standard InChI is InChI=1S/C19H23N3O2S/c1-3-21(13-16-8-6-12-25-16)19(24)20-14(2)18(23)22-11-10-15-7-4-5-9-17(15)22/h4-9,12,14H,3,10-11,13H2,1-2H3,(H,20,24). The van der Waals surface area contributed by atoms with Gasteiger partial charge in [-0.15, -0.1) is 11.3 Å². The summed E-state index contributed by atoms with van der Waals surface area (Å²) in [6, 6.07) is 11.2. The van der Waals surface area contributed by atoms with Crippen molar-refractivity contribution in [3.8, 4) is 0 Å². The lowest BCUT2D eigenvalue weighted by Gasteiger charge is -2.26. The Kier molecular flexibility index (Phi) is 5.38. The number of urea groups is 1. The highest BCUT2D eigenvalue weighted by Gasteiger charge is 2.29. The van der Waals surface area contributed by atoms with E-state index in [1.54, 1.807) is 28.1 Å². The Hall–Kier alpha value is -2.34. The van der Waals surface area contributed by atoms with Gasteiger partial charge in [-0.2, -0.15) is 0 Å². The Labute approximate surface area is 152 Å². The fraction of sp³-hybridized carbons (Fsp3) is 0.368. The summed E-state index contributed by atoms with van der Waals surface area (Å²) in [6.07, 6.45) is 0.863. The number of thiophene rings is 1. The van der Waals surface area contributed by atoms with Crippen molar-refractivity contribution in [2.24, 2.45) is 0 Å². The summed E-state index contributed by atoms with van der Waals surface area (Å²) < 4.78 is 0. The second kappa shape index (κ2) is 7.70. The largest absolute Gasteiger partial charge is 0.326 e. The number of fused-ring (bicyclic) bond motifs is 1. The van der Waals surface area contributed by atoms with Crippen LogP contribution >= 0.6 is 11.3 Å². The minimum atomic E-state index is -0.559. The number of amides is 3.